The predicted molar refractivity (Wildman–Crippen MR) is 147 cm³/mol. The summed E-state index contributed by atoms with van der Waals surface area (Å²) in [6.45, 7) is 11.1. The molecule has 0 heterocycles. The molecule has 3 heteroatoms. The van der Waals surface area contributed by atoms with Crippen LogP contribution in [0.3, 0.4) is 0 Å². The maximum absolute atomic E-state index is 11.1. The molecule has 0 saturated heterocycles. The Kier molecular flexibility index (Phi) is 12.6. The molecule has 0 bridgehead atoms. The molecule has 2 atom stereocenters. The van der Waals surface area contributed by atoms with E-state index in [2.05, 4.69) is 91.7 Å². The molecule has 0 radical (unpaired) electrons. The summed E-state index contributed by atoms with van der Waals surface area (Å²) in [5.41, 5.74) is 3.31. The molecule has 0 aliphatic carbocycles. The Morgan fingerprint density at radius 2 is 1.77 bits per heavy atom. The molecule has 1 aromatic rings. The maximum Gasteiger partial charge on any atom is 0.0878 e. The van der Waals surface area contributed by atoms with E-state index in [-0.39, 0.29) is 0 Å². The lowest BCUT2D eigenvalue weighted by molar-refractivity contribution is 0.0479. The van der Waals surface area contributed by atoms with E-state index < -0.39 is 5.60 Å². The molecule has 0 spiro atoms. The average Bonchev–Trinajstić information content (AvgIpc) is 2.66. The van der Waals surface area contributed by atoms with Gasteiger partial charge in [-0.25, -0.2) is 0 Å². The highest BCUT2D eigenvalue weighted by molar-refractivity contribution is 14.1. The molecule has 172 valence electrons. The maximum atomic E-state index is 11.1. The number of hydrogen-bond acceptors (Lipinski definition) is 2. The standard InChI is InChI=1S/C28H42INO/c1-23(21-27(2,3)4)13-10-11-15-26(29)22-28(5,31)25-18-16-24(17-19-25)14-9-7-8-12-20-30-6/h7-9,12-13,16-20,26,31H,10-11,14-15,21-22H2,1-6H3/b9-7+,12-8-,23-13+,30-20-. The summed E-state index contributed by atoms with van der Waals surface area (Å²) < 4.78 is 0.463. The molecule has 1 aromatic carbocycles. The third kappa shape index (κ3) is 13.1. The van der Waals surface area contributed by atoms with Gasteiger partial charge in [0.15, 0.2) is 0 Å². The highest BCUT2D eigenvalue weighted by Gasteiger charge is 2.26. The van der Waals surface area contributed by atoms with E-state index in [0.717, 1.165) is 37.7 Å². The molecule has 31 heavy (non-hydrogen) atoms. The monoisotopic (exact) mass is 535 g/mol. The number of benzene rings is 1. The number of rotatable bonds is 12. The Hall–Kier alpha value is -1.20. The quantitative estimate of drug-likeness (QED) is 0.0722. The van der Waals surface area contributed by atoms with E-state index in [1.165, 1.54) is 17.6 Å². The average molecular weight is 536 g/mol. The van der Waals surface area contributed by atoms with Gasteiger partial charge < -0.3 is 5.11 Å². The molecule has 2 unspecified atom stereocenters. The van der Waals surface area contributed by atoms with Crippen LogP contribution in [-0.2, 0) is 12.0 Å². The van der Waals surface area contributed by atoms with Gasteiger partial charge in [-0.15, -0.1) is 0 Å². The molecule has 1 N–H and O–H groups in total. The van der Waals surface area contributed by atoms with Gasteiger partial charge in [0, 0.05) is 17.2 Å². The normalized spacial score (nSPS) is 16.5. The van der Waals surface area contributed by atoms with Crippen LogP contribution in [0.2, 0.25) is 0 Å². The van der Waals surface area contributed by atoms with Crippen molar-refractivity contribution in [3.05, 3.63) is 71.3 Å². The Morgan fingerprint density at radius 1 is 1.10 bits per heavy atom. The molecule has 0 saturated carbocycles. The first-order valence-electron chi connectivity index (χ1n) is 11.4. The summed E-state index contributed by atoms with van der Waals surface area (Å²) in [5.74, 6) is 0. The smallest absolute Gasteiger partial charge is 0.0878 e. The molecule has 2 nitrogen and oxygen atoms in total. The van der Waals surface area contributed by atoms with Gasteiger partial charge in [-0.1, -0.05) is 97.5 Å². The minimum absolute atomic E-state index is 0.359. The van der Waals surface area contributed by atoms with Crippen molar-refractivity contribution in [1.82, 2.24) is 0 Å². The third-order valence-corrected chi connectivity index (χ3v) is 6.23. The van der Waals surface area contributed by atoms with Crippen LogP contribution < -0.4 is 0 Å². The van der Waals surface area contributed by atoms with Crippen LogP contribution >= 0.6 is 22.6 Å². The van der Waals surface area contributed by atoms with E-state index in [9.17, 15) is 5.11 Å². The number of aliphatic hydroxyl groups is 1. The SMILES string of the molecule is C\N=C/C=C\C=C\Cc1ccc(C(C)(O)CC(I)CCC/C=C(\C)CC(C)(C)C)cc1. The van der Waals surface area contributed by atoms with Crippen molar-refractivity contribution >= 4 is 28.8 Å². The molecular formula is C28H42INO. The van der Waals surface area contributed by atoms with Crippen LogP contribution in [0.5, 0.6) is 0 Å². The summed E-state index contributed by atoms with van der Waals surface area (Å²) >= 11 is 2.51. The fourth-order valence-electron chi connectivity index (χ4n) is 3.73. The lowest BCUT2D eigenvalue weighted by Gasteiger charge is -2.27. The van der Waals surface area contributed by atoms with Gasteiger partial charge in [0.2, 0.25) is 0 Å². The zero-order chi connectivity index (χ0) is 23.3. The van der Waals surface area contributed by atoms with Gasteiger partial charge in [-0.2, -0.15) is 0 Å². The first-order chi connectivity index (χ1) is 14.5. The summed E-state index contributed by atoms with van der Waals surface area (Å²) in [6, 6.07) is 8.39. The Bertz CT molecular complexity index is 748. The summed E-state index contributed by atoms with van der Waals surface area (Å²) in [7, 11) is 1.76. The highest BCUT2D eigenvalue weighted by Crippen LogP contribution is 2.31. The van der Waals surface area contributed by atoms with E-state index in [4.69, 9.17) is 0 Å². The van der Waals surface area contributed by atoms with E-state index in [1.807, 2.05) is 25.2 Å². The fraction of sp³-hybridized carbons (Fsp3) is 0.536. The molecule has 0 aliphatic heterocycles. The Labute approximate surface area is 204 Å². The van der Waals surface area contributed by atoms with Gasteiger partial charge in [-0.3, -0.25) is 4.99 Å². The zero-order valence-corrected chi connectivity index (χ0v) is 22.5. The molecule has 0 fully saturated rings. The van der Waals surface area contributed by atoms with Crippen molar-refractivity contribution < 1.29 is 5.11 Å². The van der Waals surface area contributed by atoms with Crippen molar-refractivity contribution in [2.24, 2.45) is 10.4 Å². The van der Waals surface area contributed by atoms with E-state index >= 15 is 0 Å². The van der Waals surface area contributed by atoms with Crippen LogP contribution in [0.25, 0.3) is 0 Å². The summed E-state index contributed by atoms with van der Waals surface area (Å²) in [6.07, 6.45) is 18.5. The summed E-state index contributed by atoms with van der Waals surface area (Å²) in [5, 5.41) is 11.1. The van der Waals surface area contributed by atoms with Crippen molar-refractivity contribution in [2.45, 2.75) is 82.7 Å². The van der Waals surface area contributed by atoms with Crippen molar-refractivity contribution in [2.75, 3.05) is 7.05 Å². The fourth-order valence-corrected chi connectivity index (χ4v) is 5.03. The van der Waals surface area contributed by atoms with Crippen LogP contribution in [0.1, 0.15) is 77.8 Å². The number of alkyl halides is 1. The van der Waals surface area contributed by atoms with E-state index in [1.54, 1.807) is 13.3 Å². The van der Waals surface area contributed by atoms with Gasteiger partial charge in [0.25, 0.3) is 0 Å². The van der Waals surface area contributed by atoms with Crippen LogP contribution in [-0.4, -0.2) is 22.3 Å². The predicted octanol–water partition coefficient (Wildman–Crippen LogP) is 8.00. The lowest BCUT2D eigenvalue weighted by Crippen LogP contribution is -2.25. The minimum Gasteiger partial charge on any atom is -0.385 e. The second-order valence-corrected chi connectivity index (χ2v) is 11.7. The molecular weight excluding hydrogens is 493 g/mol. The first kappa shape index (κ1) is 27.8. The van der Waals surface area contributed by atoms with Crippen molar-refractivity contribution in [1.29, 1.82) is 0 Å². The number of allylic oxidation sites excluding steroid dienone is 6. The molecule has 1 rings (SSSR count). The van der Waals surface area contributed by atoms with Crippen LogP contribution in [0.4, 0.5) is 0 Å². The molecule has 0 aliphatic rings. The van der Waals surface area contributed by atoms with Gasteiger partial charge in [0.1, 0.15) is 0 Å². The largest absolute Gasteiger partial charge is 0.385 e. The first-order valence-corrected chi connectivity index (χ1v) is 12.6. The number of hydrogen-bond donors (Lipinski definition) is 1. The minimum atomic E-state index is -0.791. The number of nitrogens with zero attached hydrogens (tertiary/aromatic N) is 1. The van der Waals surface area contributed by atoms with Crippen molar-refractivity contribution in [3.63, 3.8) is 0 Å². The lowest BCUT2D eigenvalue weighted by atomic mass is 9.88. The second kappa shape index (κ2) is 14.1. The second-order valence-electron chi connectivity index (χ2n) is 9.92. The Morgan fingerprint density at radius 3 is 2.39 bits per heavy atom. The summed E-state index contributed by atoms with van der Waals surface area (Å²) in [4.78, 5) is 3.91. The third-order valence-electron chi connectivity index (χ3n) is 5.17. The number of unbranched alkanes of at least 4 members (excludes halogenated alkanes) is 1. The topological polar surface area (TPSA) is 32.6 Å². The Balaban J connectivity index is 2.49. The van der Waals surface area contributed by atoms with E-state index in [0.29, 0.717) is 9.34 Å². The zero-order valence-electron chi connectivity index (χ0n) is 20.4. The van der Waals surface area contributed by atoms with Gasteiger partial charge >= 0.3 is 0 Å². The molecule has 0 aromatic heterocycles. The highest BCUT2D eigenvalue weighted by atomic mass is 127. The number of aliphatic imine (C=N–C) groups is 1. The molecule has 0 amide bonds. The van der Waals surface area contributed by atoms with Gasteiger partial charge in [0.05, 0.1) is 5.60 Å². The van der Waals surface area contributed by atoms with Crippen LogP contribution in [0, 0.1) is 5.41 Å². The van der Waals surface area contributed by atoms with Gasteiger partial charge in [-0.05, 0) is 75.0 Å². The number of halogens is 1. The van der Waals surface area contributed by atoms with Crippen LogP contribution in [0.15, 0.2) is 65.2 Å². The van der Waals surface area contributed by atoms with Crippen molar-refractivity contribution in [3.8, 4) is 0 Å².